The lowest BCUT2D eigenvalue weighted by atomic mass is 9.99. The molecular weight excluding hydrogens is 370 g/mol. The van der Waals surface area contributed by atoms with Crippen LogP contribution in [0.2, 0.25) is 0 Å². The van der Waals surface area contributed by atoms with E-state index in [0.29, 0.717) is 29.7 Å². The molecule has 1 aliphatic heterocycles. The molecule has 0 atom stereocenters. The first kappa shape index (κ1) is 19.2. The third-order valence-corrected chi connectivity index (χ3v) is 5.21. The SMILES string of the molecule is COc1cccc(Cn2nc(C)n(-c3ccc(C4CNNC4)cc3OC)c2=O)c1. The maximum atomic E-state index is 13.1. The van der Waals surface area contributed by atoms with Crippen LogP contribution >= 0.6 is 0 Å². The summed E-state index contributed by atoms with van der Waals surface area (Å²) in [5.74, 6) is 2.38. The van der Waals surface area contributed by atoms with E-state index in [1.807, 2.05) is 49.4 Å². The van der Waals surface area contributed by atoms with E-state index in [9.17, 15) is 4.79 Å². The zero-order valence-corrected chi connectivity index (χ0v) is 16.8. The summed E-state index contributed by atoms with van der Waals surface area (Å²) in [5.41, 5.74) is 8.87. The summed E-state index contributed by atoms with van der Waals surface area (Å²) in [6.45, 7) is 3.91. The number of methoxy groups -OCH3 is 2. The minimum atomic E-state index is -0.208. The zero-order valence-electron chi connectivity index (χ0n) is 16.8. The maximum absolute atomic E-state index is 13.1. The van der Waals surface area contributed by atoms with Crippen LogP contribution in [0.5, 0.6) is 11.5 Å². The molecule has 4 rings (SSSR count). The van der Waals surface area contributed by atoms with Gasteiger partial charge in [0, 0.05) is 19.0 Å². The van der Waals surface area contributed by atoms with E-state index < -0.39 is 0 Å². The summed E-state index contributed by atoms with van der Waals surface area (Å²) >= 11 is 0. The first-order valence-corrected chi connectivity index (χ1v) is 9.54. The first-order chi connectivity index (χ1) is 14.1. The number of nitrogens with zero attached hydrogens (tertiary/aromatic N) is 3. The quantitative estimate of drug-likeness (QED) is 0.660. The summed E-state index contributed by atoms with van der Waals surface area (Å²) in [6, 6.07) is 13.6. The minimum absolute atomic E-state index is 0.208. The normalized spacial score (nSPS) is 14.3. The highest BCUT2D eigenvalue weighted by Gasteiger charge is 2.20. The predicted octanol–water partition coefficient (Wildman–Crippen LogP) is 1.60. The summed E-state index contributed by atoms with van der Waals surface area (Å²) in [7, 11) is 3.24. The average molecular weight is 395 g/mol. The average Bonchev–Trinajstić information content (AvgIpc) is 3.37. The molecule has 0 amide bonds. The smallest absolute Gasteiger partial charge is 0.351 e. The van der Waals surface area contributed by atoms with Crippen LogP contribution in [-0.4, -0.2) is 41.7 Å². The Hall–Kier alpha value is -3.10. The molecule has 29 heavy (non-hydrogen) atoms. The Morgan fingerprint density at radius 1 is 1.10 bits per heavy atom. The van der Waals surface area contributed by atoms with Crippen molar-refractivity contribution in [3.8, 4) is 17.2 Å². The number of aryl methyl sites for hydroxylation is 1. The van der Waals surface area contributed by atoms with Gasteiger partial charge >= 0.3 is 5.69 Å². The van der Waals surface area contributed by atoms with Crippen LogP contribution in [0.1, 0.15) is 22.9 Å². The van der Waals surface area contributed by atoms with Crippen LogP contribution in [0.25, 0.3) is 5.69 Å². The van der Waals surface area contributed by atoms with Crippen molar-refractivity contribution < 1.29 is 9.47 Å². The second kappa shape index (κ2) is 8.10. The number of hydrazine groups is 1. The van der Waals surface area contributed by atoms with E-state index in [0.717, 1.165) is 30.0 Å². The van der Waals surface area contributed by atoms with Crippen molar-refractivity contribution in [1.82, 2.24) is 25.2 Å². The fourth-order valence-corrected chi connectivity index (χ4v) is 3.67. The molecule has 0 unspecified atom stereocenters. The molecule has 3 aromatic rings. The van der Waals surface area contributed by atoms with Crippen molar-refractivity contribution in [1.29, 1.82) is 0 Å². The van der Waals surface area contributed by atoms with Crippen molar-refractivity contribution in [3.63, 3.8) is 0 Å². The number of hydrogen-bond donors (Lipinski definition) is 2. The van der Waals surface area contributed by atoms with E-state index in [4.69, 9.17) is 9.47 Å². The van der Waals surface area contributed by atoms with E-state index in [1.165, 1.54) is 4.68 Å². The number of ether oxygens (including phenoxy) is 2. The van der Waals surface area contributed by atoms with Gasteiger partial charge in [-0.15, -0.1) is 0 Å². The molecule has 2 N–H and O–H groups in total. The summed E-state index contributed by atoms with van der Waals surface area (Å²) < 4.78 is 13.9. The number of rotatable bonds is 6. The molecule has 1 aromatic heterocycles. The molecular formula is C21H25N5O3. The molecule has 1 saturated heterocycles. The third kappa shape index (κ3) is 3.76. The zero-order chi connectivity index (χ0) is 20.4. The van der Waals surface area contributed by atoms with Crippen LogP contribution in [0.4, 0.5) is 0 Å². The number of nitrogens with one attached hydrogen (secondary N) is 2. The fraction of sp³-hybridized carbons (Fsp3) is 0.333. The van der Waals surface area contributed by atoms with E-state index in [-0.39, 0.29) is 5.69 Å². The monoisotopic (exact) mass is 395 g/mol. The van der Waals surface area contributed by atoms with Gasteiger partial charge in [0.2, 0.25) is 0 Å². The highest BCUT2D eigenvalue weighted by atomic mass is 16.5. The molecule has 0 saturated carbocycles. The Morgan fingerprint density at radius 2 is 1.90 bits per heavy atom. The molecule has 0 radical (unpaired) electrons. The van der Waals surface area contributed by atoms with Gasteiger partial charge in [0.25, 0.3) is 0 Å². The third-order valence-electron chi connectivity index (χ3n) is 5.21. The highest BCUT2D eigenvalue weighted by molar-refractivity contribution is 5.50. The Labute approximate surface area is 169 Å². The van der Waals surface area contributed by atoms with E-state index in [1.54, 1.807) is 18.8 Å². The molecule has 0 bridgehead atoms. The Kier molecular flexibility index (Phi) is 5.37. The fourth-order valence-electron chi connectivity index (χ4n) is 3.67. The molecule has 0 aliphatic carbocycles. The van der Waals surface area contributed by atoms with Crippen LogP contribution in [-0.2, 0) is 6.54 Å². The highest BCUT2D eigenvalue weighted by Crippen LogP contribution is 2.28. The molecule has 8 heteroatoms. The maximum Gasteiger partial charge on any atom is 0.351 e. The molecule has 2 aromatic carbocycles. The molecule has 8 nitrogen and oxygen atoms in total. The predicted molar refractivity (Wildman–Crippen MR) is 110 cm³/mol. The topological polar surface area (TPSA) is 82.3 Å². The Morgan fingerprint density at radius 3 is 2.62 bits per heavy atom. The molecule has 0 spiro atoms. The summed E-state index contributed by atoms with van der Waals surface area (Å²) in [6.07, 6.45) is 0. The van der Waals surface area contributed by atoms with E-state index >= 15 is 0 Å². The lowest BCUT2D eigenvalue weighted by Gasteiger charge is -2.14. The molecule has 2 heterocycles. The van der Waals surface area contributed by atoms with Gasteiger partial charge in [-0.2, -0.15) is 5.10 Å². The minimum Gasteiger partial charge on any atom is -0.497 e. The van der Waals surface area contributed by atoms with Gasteiger partial charge in [0.1, 0.15) is 17.3 Å². The van der Waals surface area contributed by atoms with Crippen LogP contribution in [0.3, 0.4) is 0 Å². The van der Waals surface area contributed by atoms with Gasteiger partial charge in [-0.05, 0) is 42.3 Å². The van der Waals surface area contributed by atoms with Crippen LogP contribution in [0, 0.1) is 6.92 Å². The second-order valence-corrected chi connectivity index (χ2v) is 7.06. The Bertz CT molecular complexity index is 1070. The van der Waals surface area contributed by atoms with Crippen LogP contribution in [0.15, 0.2) is 47.3 Å². The van der Waals surface area contributed by atoms with Crippen molar-refractivity contribution in [2.24, 2.45) is 0 Å². The first-order valence-electron chi connectivity index (χ1n) is 9.54. The molecule has 1 aliphatic rings. The lowest BCUT2D eigenvalue weighted by molar-refractivity contribution is 0.411. The van der Waals surface area contributed by atoms with Gasteiger partial charge < -0.3 is 9.47 Å². The number of benzene rings is 2. The summed E-state index contributed by atoms with van der Waals surface area (Å²) in [5, 5.41) is 4.46. The number of hydrogen-bond acceptors (Lipinski definition) is 6. The van der Waals surface area contributed by atoms with Crippen molar-refractivity contribution in [2.75, 3.05) is 27.3 Å². The van der Waals surface area contributed by atoms with Crippen LogP contribution < -0.4 is 26.0 Å². The standard InChI is InChI=1S/C21H25N5O3/c1-14-24-25(13-15-5-4-6-18(9-15)28-2)21(27)26(14)19-8-7-16(10-20(19)29-3)17-11-22-23-12-17/h4-10,17,22-23H,11-13H2,1-3H3. The van der Waals surface area contributed by atoms with Gasteiger partial charge in [-0.3, -0.25) is 10.9 Å². The van der Waals surface area contributed by atoms with Gasteiger partial charge in [-0.25, -0.2) is 14.0 Å². The van der Waals surface area contributed by atoms with Crippen molar-refractivity contribution >= 4 is 0 Å². The van der Waals surface area contributed by atoms with Crippen molar-refractivity contribution in [3.05, 3.63) is 69.9 Å². The van der Waals surface area contributed by atoms with Gasteiger partial charge in [0.05, 0.1) is 26.5 Å². The Balaban J connectivity index is 1.69. The van der Waals surface area contributed by atoms with Crippen molar-refractivity contribution in [2.45, 2.75) is 19.4 Å². The lowest BCUT2D eigenvalue weighted by Crippen LogP contribution is -2.25. The number of aromatic nitrogens is 3. The largest absolute Gasteiger partial charge is 0.497 e. The molecule has 152 valence electrons. The van der Waals surface area contributed by atoms with E-state index in [2.05, 4.69) is 16.0 Å². The second-order valence-electron chi connectivity index (χ2n) is 7.06. The molecule has 1 fully saturated rings. The van der Waals surface area contributed by atoms with Gasteiger partial charge in [-0.1, -0.05) is 18.2 Å². The van der Waals surface area contributed by atoms with Gasteiger partial charge in [0.15, 0.2) is 0 Å². The summed E-state index contributed by atoms with van der Waals surface area (Å²) in [4.78, 5) is 13.1.